The Balaban J connectivity index is 0.000000217. The van der Waals surface area contributed by atoms with Crippen LogP contribution < -0.4 is 15.4 Å². The molecular formula is C57H88I2N4O10Si. The molecule has 8 aliphatic rings. The highest BCUT2D eigenvalue weighted by molar-refractivity contribution is 14.1. The van der Waals surface area contributed by atoms with E-state index in [4.69, 9.17) is 18.8 Å². The number of halogens is 2. The summed E-state index contributed by atoms with van der Waals surface area (Å²) >= 11 is 4.33. The molecule has 8 fully saturated rings. The van der Waals surface area contributed by atoms with Gasteiger partial charge in [0.25, 0.3) is 0 Å². The molecule has 2 aromatic carbocycles. The zero-order valence-corrected chi connectivity index (χ0v) is 51.6. The molecular weight excluding hydrogens is 1180 g/mol. The fraction of sp³-hybridized carbons (Fsp3) is 0.719. The number of phenolic OH excluding ortho intramolecular Hbond substituents is 1. The number of benzene rings is 2. The number of ether oxygens (including phenoxy) is 1. The number of rotatable bonds is 17. The molecule has 6 N–H and O–H groups in total. The molecule has 2 amide bonds. The molecule has 4 bridgehead atoms. The van der Waals surface area contributed by atoms with Crippen molar-refractivity contribution in [3.63, 3.8) is 0 Å². The van der Waals surface area contributed by atoms with Crippen molar-refractivity contribution in [2.75, 3.05) is 19.8 Å². The van der Waals surface area contributed by atoms with E-state index in [2.05, 4.69) is 138 Å². The highest BCUT2D eigenvalue weighted by atomic mass is 127. The molecule has 16 atom stereocenters. The van der Waals surface area contributed by atoms with Gasteiger partial charge in [-0.05, 0) is 161 Å². The second kappa shape index (κ2) is 23.4. The summed E-state index contributed by atoms with van der Waals surface area (Å²) in [6.45, 7) is 32.9. The molecule has 74 heavy (non-hydrogen) atoms. The molecule has 2 heterocycles. The van der Waals surface area contributed by atoms with E-state index >= 15 is 0 Å². The normalized spacial score (nSPS) is 34.0. The topological polar surface area (TPSA) is 183 Å². The lowest BCUT2D eigenvalue weighted by atomic mass is 9.45. The van der Waals surface area contributed by atoms with Crippen LogP contribution in [-0.4, -0.2) is 119 Å². The number of carbonyl (C=O) groups is 2. The highest BCUT2D eigenvalue weighted by Gasteiger charge is 2.59. The number of hydroxylamine groups is 4. The van der Waals surface area contributed by atoms with Crippen LogP contribution in [0.2, 0.25) is 18.1 Å². The molecule has 414 valence electrons. The molecule has 17 heteroatoms. The number of nitrogens with one attached hydrogen (secondary N) is 2. The summed E-state index contributed by atoms with van der Waals surface area (Å²) in [5.74, 6) is 2.89. The number of aliphatic hydroxyl groups excluding tert-OH is 3. The number of para-hydroxylation sites is 2. The van der Waals surface area contributed by atoms with Crippen molar-refractivity contribution in [1.29, 1.82) is 0 Å². The third kappa shape index (κ3) is 12.0. The zero-order chi connectivity index (χ0) is 54.6. The van der Waals surface area contributed by atoms with Gasteiger partial charge in [-0.2, -0.15) is 10.1 Å². The minimum absolute atomic E-state index is 0.0284. The van der Waals surface area contributed by atoms with Crippen LogP contribution in [0, 0.1) is 65.3 Å². The van der Waals surface area contributed by atoms with Crippen LogP contribution in [0.1, 0.15) is 113 Å². The van der Waals surface area contributed by atoms with E-state index in [0.717, 1.165) is 31.3 Å². The second-order valence-corrected chi connectivity index (χ2v) is 32.6. The van der Waals surface area contributed by atoms with Crippen LogP contribution in [0.15, 0.2) is 49.1 Å². The number of phenols is 1. The van der Waals surface area contributed by atoms with Gasteiger partial charge in [-0.15, -0.1) is 0 Å². The standard InChI is InChI=1S/C30H49IN2O5Si.C27H39IN2O5/c1-17-21-13-20(30(21,6)7)14-23(17)32-28(36)26-25(18(2)34)24(16-37-39(8,9)29(3,4)5)38-33(26)15-19-11-10-12-22(31)27(19)35;1-6-10-34-25-17(8-7-9-20(25)28)13-30-24(23(16(3)32)22(14-31)35-30)26(33)29-21-12-18-11-19(15(21)2)27(18,4)5/h10-12,17-18,20-21,23-26,34-35H,13-16H2,1-9H3,(H,32,36);6-9,15-16,18-19,21-24,31-32H,1,10-14H2,2-5H3,(H,29,33)/t17-,18-,20?,21-,23?,24-,25+,26-;15-,16-,18?,19-,21?,22-,23+,24-/m00/s1. The first-order valence-electron chi connectivity index (χ1n) is 27.1. The van der Waals surface area contributed by atoms with Crippen molar-refractivity contribution < 1.29 is 48.9 Å². The Morgan fingerprint density at radius 3 is 1.72 bits per heavy atom. The first-order valence-corrected chi connectivity index (χ1v) is 32.2. The van der Waals surface area contributed by atoms with E-state index in [1.165, 1.54) is 12.8 Å². The van der Waals surface area contributed by atoms with Crippen molar-refractivity contribution in [2.24, 2.45) is 58.2 Å². The molecule has 4 unspecified atom stereocenters. The summed E-state index contributed by atoms with van der Waals surface area (Å²) in [7, 11) is -2.08. The molecule has 6 aliphatic carbocycles. The van der Waals surface area contributed by atoms with E-state index in [9.17, 15) is 30.0 Å². The Morgan fingerprint density at radius 1 is 0.811 bits per heavy atom. The quantitative estimate of drug-likeness (QED) is 0.0503. The summed E-state index contributed by atoms with van der Waals surface area (Å²) in [4.78, 5) is 40.4. The summed E-state index contributed by atoms with van der Waals surface area (Å²) in [6.07, 6.45) is 3.39. The third-order valence-corrected chi connectivity index (χ3v) is 25.7. The number of carbonyl (C=O) groups excluding carboxylic acids is 2. The van der Waals surface area contributed by atoms with Gasteiger partial charge in [-0.1, -0.05) is 99.2 Å². The number of hydrogen-bond acceptors (Lipinski definition) is 12. The molecule has 6 saturated carbocycles. The molecule has 0 aromatic heterocycles. The van der Waals surface area contributed by atoms with Gasteiger partial charge in [0.2, 0.25) is 11.8 Å². The largest absolute Gasteiger partial charge is 0.507 e. The molecule has 2 saturated heterocycles. The predicted octanol–water partition coefficient (Wildman–Crippen LogP) is 9.20. The van der Waals surface area contributed by atoms with Gasteiger partial charge in [-0.3, -0.25) is 19.3 Å². The van der Waals surface area contributed by atoms with Crippen molar-refractivity contribution in [3.8, 4) is 11.5 Å². The monoisotopic (exact) mass is 1270 g/mol. The Kier molecular flexibility index (Phi) is 18.9. The van der Waals surface area contributed by atoms with E-state index in [0.29, 0.717) is 71.7 Å². The lowest BCUT2D eigenvalue weighted by Crippen LogP contribution is -2.62. The highest BCUT2D eigenvalue weighted by Crippen LogP contribution is 2.62. The molecule has 2 aromatic rings. The van der Waals surface area contributed by atoms with Crippen molar-refractivity contribution in [3.05, 3.63) is 67.3 Å². The fourth-order valence-corrected chi connectivity index (χ4v) is 15.7. The Labute approximate surface area is 470 Å². The second-order valence-electron chi connectivity index (χ2n) is 25.4. The maximum Gasteiger partial charge on any atom is 0.240 e. The minimum atomic E-state index is -2.08. The third-order valence-electron chi connectivity index (χ3n) is 19.5. The summed E-state index contributed by atoms with van der Waals surface area (Å²) in [5, 5.41) is 52.4. The maximum atomic E-state index is 14.1. The van der Waals surface area contributed by atoms with Crippen LogP contribution in [0.5, 0.6) is 11.5 Å². The van der Waals surface area contributed by atoms with Crippen LogP contribution in [0.3, 0.4) is 0 Å². The van der Waals surface area contributed by atoms with E-state index in [1.54, 1.807) is 30.0 Å². The SMILES string of the molecule is C=CCOc1c(I)cccc1CN1O[C@@H](CO)[C@@H]([C@H](C)O)[C@H]1C(=O)NC1CC2C[C@@H]([C@@H]1C)C2(C)C.C[C@H](O)[C@@H]1[C@H](CO[Si](C)(C)C(C)(C)C)ON(Cc2cccc(I)c2O)[C@@H]1C(=O)NC1CC2C[C@@H]([C@@H]1C)C2(C)C. The zero-order valence-electron chi connectivity index (χ0n) is 46.2. The van der Waals surface area contributed by atoms with E-state index in [1.807, 2.05) is 36.4 Å². The van der Waals surface area contributed by atoms with Gasteiger partial charge >= 0.3 is 0 Å². The van der Waals surface area contributed by atoms with E-state index in [-0.39, 0.29) is 47.8 Å². The number of aromatic hydroxyl groups is 1. The van der Waals surface area contributed by atoms with Crippen LogP contribution >= 0.6 is 45.2 Å². The Hall–Kier alpha value is -1.92. The van der Waals surface area contributed by atoms with Crippen LogP contribution in [0.4, 0.5) is 0 Å². The molecule has 0 spiro atoms. The molecule has 10 rings (SSSR count). The minimum Gasteiger partial charge on any atom is -0.507 e. The average Bonchev–Trinajstić information content (AvgIpc) is 3.89. The van der Waals surface area contributed by atoms with Crippen molar-refractivity contribution in [2.45, 2.75) is 182 Å². The number of amides is 2. The number of aliphatic hydroxyl groups is 3. The summed E-state index contributed by atoms with van der Waals surface area (Å²) in [6, 6.07) is 10.2. The van der Waals surface area contributed by atoms with Crippen molar-refractivity contribution >= 4 is 65.3 Å². The first kappa shape index (κ1) is 59.7. The van der Waals surface area contributed by atoms with Gasteiger partial charge in [0, 0.05) is 35.0 Å². The van der Waals surface area contributed by atoms with Gasteiger partial charge in [0.15, 0.2) is 8.32 Å². The van der Waals surface area contributed by atoms with Gasteiger partial charge in [0.1, 0.15) is 42.4 Å². The lowest BCUT2D eigenvalue weighted by Gasteiger charge is -2.62. The molecule has 2 aliphatic heterocycles. The number of fused-ring (bicyclic) bond motifs is 4. The van der Waals surface area contributed by atoms with Gasteiger partial charge < -0.3 is 40.2 Å². The smallest absolute Gasteiger partial charge is 0.240 e. The van der Waals surface area contributed by atoms with E-state index < -0.39 is 56.7 Å². The Morgan fingerprint density at radius 2 is 1.27 bits per heavy atom. The van der Waals surface area contributed by atoms with Gasteiger partial charge in [-0.25, -0.2) is 0 Å². The van der Waals surface area contributed by atoms with Gasteiger partial charge in [0.05, 0.1) is 45.7 Å². The molecule has 14 nitrogen and oxygen atoms in total. The summed E-state index contributed by atoms with van der Waals surface area (Å²) < 4.78 is 14.1. The van der Waals surface area contributed by atoms with Crippen molar-refractivity contribution in [1.82, 2.24) is 20.8 Å². The van der Waals surface area contributed by atoms with Crippen LogP contribution in [0.25, 0.3) is 0 Å². The lowest BCUT2D eigenvalue weighted by molar-refractivity contribution is -0.183. The molecule has 0 radical (unpaired) electrons. The number of nitrogens with zero attached hydrogens (tertiary/aromatic N) is 2. The fourth-order valence-electron chi connectivity index (χ4n) is 13.5. The first-order chi connectivity index (χ1) is 34.5. The number of hydrogen-bond donors (Lipinski definition) is 6. The average molecular weight is 1270 g/mol. The Bertz CT molecular complexity index is 2310. The predicted molar refractivity (Wildman–Crippen MR) is 307 cm³/mol. The van der Waals surface area contributed by atoms with Crippen LogP contribution in [-0.2, 0) is 36.8 Å². The summed E-state index contributed by atoms with van der Waals surface area (Å²) in [5.41, 5.74) is 2.22. The maximum absolute atomic E-state index is 14.1.